The first-order valence-corrected chi connectivity index (χ1v) is 10.5. The van der Waals surface area contributed by atoms with Crippen LogP contribution in [0.3, 0.4) is 0 Å². The van der Waals surface area contributed by atoms with Gasteiger partial charge in [0, 0.05) is 25.4 Å². The third-order valence-corrected chi connectivity index (χ3v) is 6.17. The quantitative estimate of drug-likeness (QED) is 0.776. The van der Waals surface area contributed by atoms with Crippen molar-refractivity contribution in [3.8, 4) is 5.75 Å². The van der Waals surface area contributed by atoms with E-state index in [-0.39, 0.29) is 5.91 Å². The minimum Gasteiger partial charge on any atom is -0.492 e. The summed E-state index contributed by atoms with van der Waals surface area (Å²) in [5, 5.41) is 3.02. The zero-order valence-corrected chi connectivity index (χ0v) is 16.8. The first-order chi connectivity index (χ1) is 13.1. The second-order valence-corrected chi connectivity index (χ2v) is 7.97. The van der Waals surface area contributed by atoms with Gasteiger partial charge in [-0.3, -0.25) is 9.69 Å². The fourth-order valence-electron chi connectivity index (χ4n) is 4.30. The molecule has 0 aromatic heterocycles. The van der Waals surface area contributed by atoms with Gasteiger partial charge in [0.2, 0.25) is 0 Å². The molecule has 1 N–H and O–H groups in total. The first kappa shape index (κ1) is 20.2. The highest BCUT2D eigenvalue weighted by molar-refractivity contribution is 5.97. The topological polar surface area (TPSA) is 50.8 Å². The number of piperidine rings is 1. The summed E-state index contributed by atoms with van der Waals surface area (Å²) >= 11 is 0. The number of nitrogens with one attached hydrogen (secondary N) is 1. The van der Waals surface area contributed by atoms with Crippen LogP contribution in [0.2, 0.25) is 0 Å². The summed E-state index contributed by atoms with van der Waals surface area (Å²) in [6.07, 6.45) is 8.79. The number of anilines is 1. The van der Waals surface area contributed by atoms with E-state index in [9.17, 15) is 4.79 Å². The number of hydrogen-bond donors (Lipinski definition) is 1. The maximum atomic E-state index is 12.7. The van der Waals surface area contributed by atoms with Crippen LogP contribution < -0.4 is 10.1 Å². The van der Waals surface area contributed by atoms with Gasteiger partial charge in [0.1, 0.15) is 18.0 Å². The van der Waals surface area contributed by atoms with Crippen LogP contribution in [0.5, 0.6) is 5.75 Å². The van der Waals surface area contributed by atoms with E-state index in [0.29, 0.717) is 12.6 Å². The molecule has 0 bridgehead atoms. The third kappa shape index (κ3) is 5.23. The molecule has 0 spiro atoms. The molecule has 1 aliphatic heterocycles. The molecule has 5 nitrogen and oxygen atoms in total. The molecule has 27 heavy (non-hydrogen) atoms. The van der Waals surface area contributed by atoms with Crippen molar-refractivity contribution in [2.75, 3.05) is 32.1 Å². The van der Waals surface area contributed by atoms with Crippen molar-refractivity contribution in [1.29, 1.82) is 0 Å². The average molecular weight is 375 g/mol. The fraction of sp³-hybridized carbons (Fsp3) is 0.682. The highest BCUT2D eigenvalue weighted by Gasteiger charge is 2.39. The predicted octanol–water partition coefficient (Wildman–Crippen LogP) is 4.23. The van der Waals surface area contributed by atoms with Gasteiger partial charge >= 0.3 is 0 Å². The van der Waals surface area contributed by atoms with E-state index in [1.165, 1.54) is 32.2 Å². The Kier molecular flexibility index (Phi) is 7.13. The van der Waals surface area contributed by atoms with E-state index >= 15 is 0 Å². The number of amides is 1. The zero-order chi connectivity index (χ0) is 19.1. The molecule has 3 rings (SSSR count). The van der Waals surface area contributed by atoms with E-state index < -0.39 is 5.60 Å². The Morgan fingerprint density at radius 2 is 1.89 bits per heavy atom. The van der Waals surface area contributed by atoms with Gasteiger partial charge in [-0.05, 0) is 63.4 Å². The number of methoxy groups -OCH3 is 1. The lowest BCUT2D eigenvalue weighted by Gasteiger charge is -2.34. The van der Waals surface area contributed by atoms with Crippen LogP contribution in [0.4, 0.5) is 5.69 Å². The molecular formula is C22H34N2O3. The Balaban J connectivity index is 1.47. The summed E-state index contributed by atoms with van der Waals surface area (Å²) in [6, 6.07) is 8.32. The lowest BCUT2D eigenvalue weighted by atomic mass is 9.84. The van der Waals surface area contributed by atoms with Gasteiger partial charge < -0.3 is 14.8 Å². The highest BCUT2D eigenvalue weighted by Crippen LogP contribution is 2.32. The number of carbonyl (C=O) groups excluding carboxylic acids is 1. The van der Waals surface area contributed by atoms with Gasteiger partial charge in [-0.2, -0.15) is 0 Å². The largest absolute Gasteiger partial charge is 0.492 e. The van der Waals surface area contributed by atoms with E-state index in [2.05, 4.69) is 17.1 Å². The summed E-state index contributed by atoms with van der Waals surface area (Å²) in [7, 11) is 1.64. The Labute approximate surface area is 163 Å². The number of carbonyl (C=O) groups is 1. The van der Waals surface area contributed by atoms with E-state index in [0.717, 1.165) is 43.7 Å². The van der Waals surface area contributed by atoms with E-state index in [4.69, 9.17) is 9.47 Å². The second kappa shape index (κ2) is 9.56. The molecule has 1 amide bonds. The summed E-state index contributed by atoms with van der Waals surface area (Å²) in [5.74, 6) is 0.814. The Morgan fingerprint density at radius 3 is 2.56 bits per heavy atom. The Bertz CT molecular complexity index is 596. The van der Waals surface area contributed by atoms with Crippen LogP contribution >= 0.6 is 0 Å². The van der Waals surface area contributed by atoms with Crippen molar-refractivity contribution in [2.45, 2.75) is 69.9 Å². The van der Waals surface area contributed by atoms with Crippen LogP contribution in [0.1, 0.15) is 58.3 Å². The summed E-state index contributed by atoms with van der Waals surface area (Å²) in [4.78, 5) is 15.2. The average Bonchev–Trinajstić information content (AvgIpc) is 2.71. The smallest absolute Gasteiger partial charge is 0.256 e. The van der Waals surface area contributed by atoms with Crippen molar-refractivity contribution in [3.05, 3.63) is 24.3 Å². The molecule has 1 heterocycles. The second-order valence-electron chi connectivity index (χ2n) is 7.97. The van der Waals surface area contributed by atoms with E-state index in [1.54, 1.807) is 7.11 Å². The van der Waals surface area contributed by atoms with Gasteiger partial charge in [-0.15, -0.1) is 0 Å². The van der Waals surface area contributed by atoms with Crippen LogP contribution in [-0.2, 0) is 9.53 Å². The lowest BCUT2D eigenvalue weighted by Crippen LogP contribution is -2.46. The summed E-state index contributed by atoms with van der Waals surface area (Å²) in [5.41, 5.74) is 0.123. The van der Waals surface area contributed by atoms with Crippen molar-refractivity contribution in [3.63, 3.8) is 0 Å². The lowest BCUT2D eigenvalue weighted by molar-refractivity contribution is -0.141. The van der Waals surface area contributed by atoms with Crippen molar-refractivity contribution in [1.82, 2.24) is 4.90 Å². The molecule has 1 aliphatic carbocycles. The maximum Gasteiger partial charge on any atom is 0.256 e. The molecule has 1 aromatic rings. The van der Waals surface area contributed by atoms with Gasteiger partial charge in [0.25, 0.3) is 5.91 Å². The molecule has 1 aromatic carbocycles. The van der Waals surface area contributed by atoms with Crippen molar-refractivity contribution < 1.29 is 14.3 Å². The molecule has 1 atom stereocenters. The van der Waals surface area contributed by atoms with Gasteiger partial charge in [-0.25, -0.2) is 0 Å². The third-order valence-electron chi connectivity index (χ3n) is 6.17. The van der Waals surface area contributed by atoms with Gasteiger partial charge in [0.05, 0.1) is 0 Å². The molecule has 0 radical (unpaired) electrons. The van der Waals surface area contributed by atoms with Crippen LogP contribution in [0.25, 0.3) is 0 Å². The monoisotopic (exact) mass is 374 g/mol. The highest BCUT2D eigenvalue weighted by atomic mass is 16.5. The van der Waals surface area contributed by atoms with Crippen molar-refractivity contribution >= 4 is 11.6 Å². The standard InChI is InChI=1S/C22H34N2O3/c1-18-8-4-7-15-24(18)16-17-27-20-11-9-19(10-12-20)23-21(25)22(26-2)13-5-3-6-14-22/h9-12,18H,3-8,13-17H2,1-2H3,(H,23,25)/t18-/m1/s1. The number of hydrogen-bond acceptors (Lipinski definition) is 4. The number of benzene rings is 1. The molecular weight excluding hydrogens is 340 g/mol. The molecule has 2 aliphatic rings. The number of ether oxygens (including phenoxy) is 2. The van der Waals surface area contributed by atoms with E-state index in [1.807, 2.05) is 24.3 Å². The minimum absolute atomic E-state index is 0.0301. The molecule has 5 heteroatoms. The first-order valence-electron chi connectivity index (χ1n) is 10.5. The minimum atomic E-state index is -0.668. The number of rotatable bonds is 7. The normalized spacial score (nSPS) is 23.0. The predicted molar refractivity (Wildman–Crippen MR) is 108 cm³/mol. The Morgan fingerprint density at radius 1 is 1.15 bits per heavy atom. The molecule has 0 unspecified atom stereocenters. The summed E-state index contributed by atoms with van der Waals surface area (Å²) in [6.45, 7) is 5.14. The zero-order valence-electron chi connectivity index (χ0n) is 16.8. The molecule has 2 fully saturated rings. The van der Waals surface area contributed by atoms with Crippen LogP contribution in [0, 0.1) is 0 Å². The number of likely N-dealkylation sites (tertiary alicyclic amines) is 1. The van der Waals surface area contributed by atoms with Crippen molar-refractivity contribution in [2.24, 2.45) is 0 Å². The SMILES string of the molecule is COC1(C(=O)Nc2ccc(OCCN3CCCC[C@H]3C)cc2)CCCCC1. The van der Waals surface area contributed by atoms with Crippen LogP contribution in [-0.4, -0.2) is 49.3 Å². The molecule has 1 saturated heterocycles. The fourth-order valence-corrected chi connectivity index (χ4v) is 4.30. The van der Waals surface area contributed by atoms with Gasteiger partial charge in [-0.1, -0.05) is 25.7 Å². The Hall–Kier alpha value is -1.59. The number of nitrogens with zero attached hydrogens (tertiary/aromatic N) is 1. The summed E-state index contributed by atoms with van der Waals surface area (Å²) < 4.78 is 11.5. The molecule has 150 valence electrons. The molecule has 1 saturated carbocycles. The van der Waals surface area contributed by atoms with Gasteiger partial charge in [0.15, 0.2) is 0 Å². The maximum absolute atomic E-state index is 12.7. The van der Waals surface area contributed by atoms with Crippen LogP contribution in [0.15, 0.2) is 24.3 Å².